The lowest BCUT2D eigenvalue weighted by atomic mass is 10.1. The van der Waals surface area contributed by atoms with Gasteiger partial charge in [-0.2, -0.15) is 0 Å². The molecule has 2 fully saturated rings. The number of carbonyl (C=O) groups is 2. The molecule has 21 heavy (non-hydrogen) atoms. The molecule has 0 bridgehead atoms. The summed E-state index contributed by atoms with van der Waals surface area (Å²) in [6, 6.07) is 3.62. The first-order chi connectivity index (χ1) is 10.1. The molecule has 2 aliphatic heterocycles. The van der Waals surface area contributed by atoms with Crippen LogP contribution in [0.2, 0.25) is 0 Å². The van der Waals surface area contributed by atoms with E-state index in [2.05, 4.69) is 10.2 Å². The number of furan rings is 1. The molecule has 0 aliphatic carbocycles. The molecular formula is C14H15N3O3S. The highest BCUT2D eigenvalue weighted by Crippen LogP contribution is 2.24. The minimum atomic E-state index is -0.498. The number of nitrogens with zero attached hydrogens (tertiary/aromatic N) is 2. The number of nitrogens with one attached hydrogen (secondary N) is 1. The largest absolute Gasteiger partial charge is 0.441 e. The molecule has 2 amide bonds. The predicted octanol–water partition coefficient (Wildman–Crippen LogP) is 1.14. The van der Waals surface area contributed by atoms with Gasteiger partial charge in [-0.05, 0) is 37.2 Å². The molecular weight excluding hydrogens is 290 g/mol. The number of thiocarbonyl (C=S) groups is 1. The summed E-state index contributed by atoms with van der Waals surface area (Å²) in [7, 11) is 1.52. The maximum Gasteiger partial charge on any atom is 0.265 e. The molecule has 110 valence electrons. The lowest BCUT2D eigenvalue weighted by molar-refractivity contribution is -0.128. The molecule has 1 aromatic heterocycles. The van der Waals surface area contributed by atoms with E-state index in [9.17, 15) is 9.59 Å². The Morgan fingerprint density at radius 2 is 2.00 bits per heavy atom. The van der Waals surface area contributed by atoms with E-state index in [1.807, 2.05) is 6.07 Å². The van der Waals surface area contributed by atoms with Crippen LogP contribution in [0.15, 0.2) is 22.1 Å². The fourth-order valence-electron chi connectivity index (χ4n) is 2.42. The van der Waals surface area contributed by atoms with E-state index in [1.165, 1.54) is 18.0 Å². The van der Waals surface area contributed by atoms with Gasteiger partial charge in [0.05, 0.1) is 0 Å². The Hall–Kier alpha value is -2.15. The Morgan fingerprint density at radius 1 is 1.29 bits per heavy atom. The van der Waals surface area contributed by atoms with Crippen LogP contribution in [0.25, 0.3) is 6.08 Å². The summed E-state index contributed by atoms with van der Waals surface area (Å²) in [5, 5.41) is 2.58. The average molecular weight is 305 g/mol. The van der Waals surface area contributed by atoms with Crippen molar-refractivity contribution < 1.29 is 14.0 Å². The highest BCUT2D eigenvalue weighted by atomic mass is 32.1. The third-order valence-corrected chi connectivity index (χ3v) is 4.00. The standard InChI is InChI=1S/C14H15N3O3S/c1-16-13(19)10(12(18)15-14(16)21)8-9-4-5-11(20-9)17-6-2-3-7-17/h4-5,8H,2-3,6-7H2,1H3,(H,15,18,21)/b10-8-. The van der Waals surface area contributed by atoms with Gasteiger partial charge in [-0.3, -0.25) is 19.8 Å². The molecule has 0 atom stereocenters. The number of hydrogen-bond acceptors (Lipinski definition) is 5. The molecule has 0 radical (unpaired) electrons. The second-order valence-electron chi connectivity index (χ2n) is 5.05. The van der Waals surface area contributed by atoms with Crippen LogP contribution in [0, 0.1) is 0 Å². The van der Waals surface area contributed by atoms with E-state index < -0.39 is 11.8 Å². The number of likely N-dealkylation sites (N-methyl/N-ethyl adjacent to an activating group) is 1. The number of carbonyl (C=O) groups excluding carboxylic acids is 2. The van der Waals surface area contributed by atoms with Crippen LogP contribution < -0.4 is 10.2 Å². The molecule has 6 nitrogen and oxygen atoms in total. The average Bonchev–Trinajstić information content (AvgIpc) is 3.11. The molecule has 3 heterocycles. The molecule has 0 spiro atoms. The normalized spacial score (nSPS) is 21.4. The lowest BCUT2D eigenvalue weighted by Crippen LogP contribution is -2.52. The van der Waals surface area contributed by atoms with Crippen LogP contribution in [0.4, 0.5) is 5.88 Å². The van der Waals surface area contributed by atoms with E-state index >= 15 is 0 Å². The van der Waals surface area contributed by atoms with E-state index in [0.29, 0.717) is 5.76 Å². The first-order valence-electron chi connectivity index (χ1n) is 6.76. The van der Waals surface area contributed by atoms with Gasteiger partial charge in [-0.15, -0.1) is 0 Å². The van der Waals surface area contributed by atoms with Crippen LogP contribution in [0.5, 0.6) is 0 Å². The van der Waals surface area contributed by atoms with Gasteiger partial charge in [-0.1, -0.05) is 0 Å². The maximum atomic E-state index is 12.1. The minimum absolute atomic E-state index is 0.0217. The maximum absolute atomic E-state index is 12.1. The van der Waals surface area contributed by atoms with Crippen LogP contribution in [0.3, 0.4) is 0 Å². The van der Waals surface area contributed by atoms with E-state index in [1.54, 1.807) is 6.07 Å². The topological polar surface area (TPSA) is 65.8 Å². The van der Waals surface area contributed by atoms with Crippen molar-refractivity contribution in [3.63, 3.8) is 0 Å². The van der Waals surface area contributed by atoms with Crippen LogP contribution in [-0.2, 0) is 9.59 Å². The predicted molar refractivity (Wildman–Crippen MR) is 81.6 cm³/mol. The highest BCUT2D eigenvalue weighted by molar-refractivity contribution is 7.80. The number of hydrogen-bond donors (Lipinski definition) is 1. The monoisotopic (exact) mass is 305 g/mol. The van der Waals surface area contributed by atoms with Crippen molar-refractivity contribution in [2.45, 2.75) is 12.8 Å². The number of rotatable bonds is 2. The lowest BCUT2D eigenvalue weighted by Gasteiger charge is -2.24. The third kappa shape index (κ3) is 2.56. The van der Waals surface area contributed by atoms with Gasteiger partial charge in [0.2, 0.25) is 0 Å². The van der Waals surface area contributed by atoms with Gasteiger partial charge in [0, 0.05) is 26.2 Å². The van der Waals surface area contributed by atoms with Crippen molar-refractivity contribution in [2.24, 2.45) is 0 Å². The zero-order valence-electron chi connectivity index (χ0n) is 11.6. The second-order valence-corrected chi connectivity index (χ2v) is 5.44. The molecule has 3 rings (SSSR count). The Balaban J connectivity index is 1.85. The number of anilines is 1. The Morgan fingerprint density at radius 3 is 2.71 bits per heavy atom. The molecule has 1 aromatic rings. The summed E-state index contributed by atoms with van der Waals surface area (Å²) >= 11 is 4.89. The second kappa shape index (κ2) is 5.33. The summed E-state index contributed by atoms with van der Waals surface area (Å²) in [6.45, 7) is 1.94. The molecule has 2 saturated heterocycles. The summed E-state index contributed by atoms with van der Waals surface area (Å²) < 4.78 is 5.70. The molecule has 0 unspecified atom stereocenters. The van der Waals surface area contributed by atoms with Crippen LogP contribution in [-0.4, -0.2) is 42.0 Å². The van der Waals surface area contributed by atoms with E-state index in [4.69, 9.17) is 16.6 Å². The first-order valence-corrected chi connectivity index (χ1v) is 7.17. The summed E-state index contributed by atoms with van der Waals surface area (Å²) in [4.78, 5) is 27.3. The van der Waals surface area contributed by atoms with Gasteiger partial charge >= 0.3 is 0 Å². The third-order valence-electron chi connectivity index (χ3n) is 3.62. The first kappa shape index (κ1) is 13.8. The quantitative estimate of drug-likeness (QED) is 0.504. The molecule has 2 aliphatic rings. The van der Waals surface area contributed by atoms with Crippen LogP contribution >= 0.6 is 12.2 Å². The van der Waals surface area contributed by atoms with Crippen molar-refractivity contribution in [2.75, 3.05) is 25.0 Å². The van der Waals surface area contributed by atoms with Gasteiger partial charge in [0.1, 0.15) is 11.3 Å². The molecule has 1 N–H and O–H groups in total. The fraction of sp³-hybridized carbons (Fsp3) is 0.357. The van der Waals surface area contributed by atoms with E-state index in [-0.39, 0.29) is 10.7 Å². The van der Waals surface area contributed by atoms with Gasteiger partial charge in [-0.25, -0.2) is 0 Å². The zero-order chi connectivity index (χ0) is 15.0. The molecule has 7 heteroatoms. The fourth-order valence-corrected chi connectivity index (χ4v) is 2.59. The van der Waals surface area contributed by atoms with Gasteiger partial charge < -0.3 is 9.32 Å². The highest BCUT2D eigenvalue weighted by Gasteiger charge is 2.31. The summed E-state index contributed by atoms with van der Waals surface area (Å²) in [5.41, 5.74) is 0.0217. The number of amides is 2. The molecule has 0 aromatic carbocycles. The Labute approximate surface area is 127 Å². The summed E-state index contributed by atoms with van der Waals surface area (Å²) in [6.07, 6.45) is 3.76. The van der Waals surface area contributed by atoms with Gasteiger partial charge in [0.15, 0.2) is 11.0 Å². The SMILES string of the molecule is CN1C(=O)/C(=C\c2ccc(N3CCCC3)o2)C(=O)NC1=S. The zero-order valence-corrected chi connectivity index (χ0v) is 12.4. The van der Waals surface area contributed by atoms with E-state index in [0.717, 1.165) is 31.8 Å². The minimum Gasteiger partial charge on any atom is -0.441 e. The van der Waals surface area contributed by atoms with Crippen molar-refractivity contribution in [1.82, 2.24) is 10.2 Å². The van der Waals surface area contributed by atoms with Crippen molar-refractivity contribution in [3.8, 4) is 0 Å². The Kier molecular flexibility index (Phi) is 3.50. The Bertz CT molecular complexity index is 644. The van der Waals surface area contributed by atoms with Crippen molar-refractivity contribution in [3.05, 3.63) is 23.5 Å². The smallest absolute Gasteiger partial charge is 0.265 e. The van der Waals surface area contributed by atoms with Gasteiger partial charge in [0.25, 0.3) is 11.8 Å². The molecule has 0 saturated carbocycles. The van der Waals surface area contributed by atoms with Crippen molar-refractivity contribution in [1.29, 1.82) is 0 Å². The summed E-state index contributed by atoms with van der Waals surface area (Å²) in [5.74, 6) is 0.327. The van der Waals surface area contributed by atoms with Crippen LogP contribution in [0.1, 0.15) is 18.6 Å². The van der Waals surface area contributed by atoms with Crippen molar-refractivity contribution >= 4 is 41.1 Å².